The van der Waals surface area contributed by atoms with Crippen molar-refractivity contribution in [2.75, 3.05) is 52.1 Å². The number of hydrogen-bond donors (Lipinski definition) is 0. The molecule has 1 amide bonds. The average molecular weight is 356 g/mol. The number of sulfonamides is 1. The highest BCUT2D eigenvalue weighted by atomic mass is 32.2. The molecule has 136 valence electrons. The van der Waals surface area contributed by atoms with Gasteiger partial charge in [-0.15, -0.1) is 0 Å². The second-order valence-corrected chi connectivity index (χ2v) is 9.29. The number of likely N-dealkylation sites (tertiary alicyclic amines) is 1. The number of nitrogens with zero attached hydrogens (tertiary/aromatic N) is 3. The monoisotopic (exact) mass is 355 g/mol. The number of carbonyl (C=O) groups is 1. The molecule has 24 heavy (non-hydrogen) atoms. The zero-order valence-electron chi connectivity index (χ0n) is 14.6. The molecule has 2 aliphatic heterocycles. The van der Waals surface area contributed by atoms with Crippen LogP contribution in [-0.2, 0) is 14.8 Å². The van der Waals surface area contributed by atoms with E-state index in [4.69, 9.17) is 0 Å². The number of hydrogen-bond acceptors (Lipinski definition) is 4. The first-order valence-corrected chi connectivity index (χ1v) is 10.9. The Morgan fingerprint density at radius 3 is 2.75 bits per heavy atom. The van der Waals surface area contributed by atoms with Crippen LogP contribution in [-0.4, -0.2) is 80.5 Å². The third-order valence-corrected chi connectivity index (χ3v) is 6.84. The molecule has 3 rings (SSSR count). The third kappa shape index (κ3) is 4.37. The summed E-state index contributed by atoms with van der Waals surface area (Å²) in [5.74, 6) is 0.886. The fourth-order valence-corrected chi connectivity index (χ4v) is 4.95. The van der Waals surface area contributed by atoms with Gasteiger partial charge in [0.25, 0.3) is 0 Å². The summed E-state index contributed by atoms with van der Waals surface area (Å²) in [4.78, 5) is 16.8. The van der Waals surface area contributed by atoms with Gasteiger partial charge in [0.2, 0.25) is 15.9 Å². The van der Waals surface area contributed by atoms with Crippen LogP contribution in [0.4, 0.5) is 0 Å². The predicted molar refractivity (Wildman–Crippen MR) is 94.1 cm³/mol. The lowest BCUT2D eigenvalue weighted by molar-refractivity contribution is -0.132. The van der Waals surface area contributed by atoms with Crippen molar-refractivity contribution in [2.45, 2.75) is 32.1 Å². The van der Waals surface area contributed by atoms with Crippen molar-refractivity contribution >= 4 is 15.9 Å². The second kappa shape index (κ2) is 7.54. The topological polar surface area (TPSA) is 60.9 Å². The van der Waals surface area contributed by atoms with Crippen molar-refractivity contribution in [1.82, 2.24) is 14.1 Å². The van der Waals surface area contributed by atoms with Crippen LogP contribution in [0.25, 0.3) is 0 Å². The summed E-state index contributed by atoms with van der Waals surface area (Å²) < 4.78 is 24.9. The van der Waals surface area contributed by atoms with Crippen LogP contribution in [0.3, 0.4) is 0 Å². The van der Waals surface area contributed by atoms with E-state index >= 15 is 0 Å². The van der Waals surface area contributed by atoms with E-state index in [1.54, 1.807) is 0 Å². The molecule has 2 heterocycles. The molecule has 1 aliphatic carbocycles. The van der Waals surface area contributed by atoms with E-state index in [-0.39, 0.29) is 5.91 Å². The zero-order chi connectivity index (χ0) is 17.2. The van der Waals surface area contributed by atoms with E-state index in [1.807, 2.05) is 4.90 Å². The van der Waals surface area contributed by atoms with Crippen molar-refractivity contribution in [1.29, 1.82) is 0 Å². The largest absolute Gasteiger partial charge is 0.338 e. The minimum Gasteiger partial charge on any atom is -0.338 e. The third-order valence-electron chi connectivity index (χ3n) is 5.54. The van der Waals surface area contributed by atoms with Crippen molar-refractivity contribution in [3.8, 4) is 0 Å². The summed E-state index contributed by atoms with van der Waals surface area (Å²) in [5.41, 5.74) is 1.46. The molecule has 1 unspecified atom stereocenters. The first-order chi connectivity index (χ1) is 11.4. The van der Waals surface area contributed by atoms with Gasteiger partial charge in [-0.2, -0.15) is 0 Å². The molecule has 0 bridgehead atoms. The summed E-state index contributed by atoms with van der Waals surface area (Å²) in [7, 11) is -3.13. The summed E-state index contributed by atoms with van der Waals surface area (Å²) in [6.07, 6.45) is 9.20. The van der Waals surface area contributed by atoms with Gasteiger partial charge in [-0.1, -0.05) is 11.6 Å². The highest BCUT2D eigenvalue weighted by Gasteiger charge is 2.29. The normalized spacial score (nSPS) is 27.3. The Morgan fingerprint density at radius 1 is 1.12 bits per heavy atom. The standard InChI is InChI=1S/C17H29N3O3S/c1-24(22,23)20-9-4-8-18(11-12-20)14-17(21)19-10-7-15-5-2-3-6-16(15)13-19/h6,15H,2-5,7-14H2,1H3. The smallest absolute Gasteiger partial charge is 0.237 e. The van der Waals surface area contributed by atoms with Crippen LogP contribution in [0.2, 0.25) is 0 Å². The fraction of sp³-hybridized carbons (Fsp3) is 0.824. The van der Waals surface area contributed by atoms with Gasteiger partial charge in [0.15, 0.2) is 0 Å². The maximum atomic E-state index is 12.7. The molecule has 0 aromatic carbocycles. The van der Waals surface area contributed by atoms with Crippen molar-refractivity contribution in [2.24, 2.45) is 5.92 Å². The van der Waals surface area contributed by atoms with Crippen LogP contribution >= 0.6 is 0 Å². The molecule has 7 heteroatoms. The molecule has 0 radical (unpaired) electrons. The van der Waals surface area contributed by atoms with Gasteiger partial charge in [0.05, 0.1) is 12.8 Å². The van der Waals surface area contributed by atoms with Gasteiger partial charge >= 0.3 is 0 Å². The highest BCUT2D eigenvalue weighted by Crippen LogP contribution is 2.31. The van der Waals surface area contributed by atoms with Crippen LogP contribution < -0.4 is 0 Å². The van der Waals surface area contributed by atoms with Crippen molar-refractivity contribution in [3.63, 3.8) is 0 Å². The highest BCUT2D eigenvalue weighted by molar-refractivity contribution is 7.88. The lowest BCUT2D eigenvalue weighted by atomic mass is 9.82. The lowest BCUT2D eigenvalue weighted by Gasteiger charge is -2.37. The lowest BCUT2D eigenvalue weighted by Crippen LogP contribution is -2.46. The maximum Gasteiger partial charge on any atom is 0.237 e. The Labute approximate surface area is 145 Å². The molecule has 0 aromatic rings. The molecule has 2 saturated heterocycles. The van der Waals surface area contributed by atoms with Crippen LogP contribution in [0, 0.1) is 5.92 Å². The summed E-state index contributed by atoms with van der Waals surface area (Å²) in [5, 5.41) is 0. The molecule has 0 saturated carbocycles. The molecular formula is C17H29N3O3S. The Balaban J connectivity index is 1.52. The van der Waals surface area contributed by atoms with Gasteiger partial charge in [-0.05, 0) is 44.6 Å². The molecule has 1 atom stereocenters. The van der Waals surface area contributed by atoms with E-state index < -0.39 is 10.0 Å². The number of allylic oxidation sites excluding steroid dienone is 1. The number of rotatable bonds is 3. The van der Waals surface area contributed by atoms with Crippen molar-refractivity contribution in [3.05, 3.63) is 11.6 Å². The van der Waals surface area contributed by atoms with Gasteiger partial charge < -0.3 is 4.90 Å². The van der Waals surface area contributed by atoms with Gasteiger partial charge in [-0.25, -0.2) is 12.7 Å². The van der Waals surface area contributed by atoms with E-state index in [9.17, 15) is 13.2 Å². The number of fused-ring (bicyclic) bond motifs is 1. The quantitative estimate of drug-likeness (QED) is 0.706. The van der Waals surface area contributed by atoms with Crippen LogP contribution in [0.1, 0.15) is 32.1 Å². The van der Waals surface area contributed by atoms with Crippen LogP contribution in [0.15, 0.2) is 11.6 Å². The number of carbonyl (C=O) groups excluding carboxylic acids is 1. The average Bonchev–Trinajstić information content (AvgIpc) is 2.80. The molecule has 3 aliphatic rings. The fourth-order valence-electron chi connectivity index (χ4n) is 4.08. The first kappa shape index (κ1) is 17.9. The Morgan fingerprint density at radius 2 is 1.96 bits per heavy atom. The minimum absolute atomic E-state index is 0.188. The number of piperidine rings is 1. The molecule has 2 fully saturated rings. The van der Waals surface area contributed by atoms with E-state index in [0.717, 1.165) is 38.9 Å². The molecule has 0 N–H and O–H groups in total. The molecule has 0 aromatic heterocycles. The van der Waals surface area contributed by atoms with Gasteiger partial charge in [-0.3, -0.25) is 9.69 Å². The number of amides is 1. The Bertz CT molecular complexity index is 602. The molecule has 0 spiro atoms. The Kier molecular flexibility index (Phi) is 5.62. The zero-order valence-corrected chi connectivity index (χ0v) is 15.4. The molecule has 6 nitrogen and oxygen atoms in total. The van der Waals surface area contributed by atoms with E-state index in [1.165, 1.54) is 29.0 Å². The maximum absolute atomic E-state index is 12.7. The Hall–Kier alpha value is -0.920. The van der Waals surface area contributed by atoms with Crippen molar-refractivity contribution < 1.29 is 13.2 Å². The van der Waals surface area contributed by atoms with E-state index in [0.29, 0.717) is 32.1 Å². The summed E-state index contributed by atoms with van der Waals surface area (Å²) in [6, 6.07) is 0. The summed E-state index contributed by atoms with van der Waals surface area (Å²) in [6.45, 7) is 4.54. The van der Waals surface area contributed by atoms with Gasteiger partial charge in [0.1, 0.15) is 0 Å². The van der Waals surface area contributed by atoms with Gasteiger partial charge in [0, 0.05) is 32.7 Å². The second-order valence-electron chi connectivity index (χ2n) is 7.30. The first-order valence-electron chi connectivity index (χ1n) is 9.07. The summed E-state index contributed by atoms with van der Waals surface area (Å²) >= 11 is 0. The minimum atomic E-state index is -3.13. The molecular weight excluding hydrogens is 326 g/mol. The van der Waals surface area contributed by atoms with E-state index in [2.05, 4.69) is 11.0 Å². The SMILES string of the molecule is CS(=O)(=O)N1CCCN(CC(=O)N2CCC3CCCC=C3C2)CC1. The predicted octanol–water partition coefficient (Wildman–Crippen LogP) is 0.913. The van der Waals surface area contributed by atoms with Crippen LogP contribution in [0.5, 0.6) is 0 Å².